The largest absolute Gasteiger partial charge is 0.325 e. The Labute approximate surface area is 160 Å². The summed E-state index contributed by atoms with van der Waals surface area (Å²) < 4.78 is 1.80. The van der Waals surface area contributed by atoms with E-state index < -0.39 is 0 Å². The van der Waals surface area contributed by atoms with Crippen LogP contribution in [0.15, 0.2) is 70.0 Å². The van der Waals surface area contributed by atoms with Crippen molar-refractivity contribution in [2.45, 2.75) is 24.0 Å². The van der Waals surface area contributed by atoms with Gasteiger partial charge in [-0.3, -0.25) is 4.79 Å². The van der Waals surface area contributed by atoms with Gasteiger partial charge in [-0.2, -0.15) is 10.2 Å². The molecule has 0 bridgehead atoms. The second-order valence-corrected chi connectivity index (χ2v) is 7.00. The van der Waals surface area contributed by atoms with Crippen LogP contribution in [0, 0.1) is 0 Å². The van der Waals surface area contributed by atoms with Gasteiger partial charge in [0, 0.05) is 5.69 Å². The zero-order valence-corrected chi connectivity index (χ0v) is 15.2. The molecule has 4 rings (SSSR count). The maximum absolute atomic E-state index is 12.1. The molecule has 1 aliphatic rings. The number of anilines is 1. The number of hydrogen-bond acceptors (Lipinski definition) is 7. The predicted molar refractivity (Wildman–Crippen MR) is 103 cm³/mol. The zero-order valence-electron chi connectivity index (χ0n) is 14.4. The molecular weight excluding hydrogens is 362 g/mol. The summed E-state index contributed by atoms with van der Waals surface area (Å²) in [5, 5.41) is 23.5. The maximum Gasteiger partial charge on any atom is 0.234 e. The standard InChI is InChI=1S/C18H17N7OS/c26-17(12-27-18-22-23-24-25(18)16-10-11-16)19-13-6-8-15(9-7-13)21-20-14-4-2-1-3-5-14/h1-9,16H,10-12H2,(H,19,26). The maximum atomic E-state index is 12.1. The molecule has 0 aliphatic heterocycles. The van der Waals surface area contributed by atoms with Crippen LogP contribution in [0.5, 0.6) is 0 Å². The fourth-order valence-corrected chi connectivity index (χ4v) is 3.12. The first-order valence-corrected chi connectivity index (χ1v) is 9.54. The molecule has 1 fully saturated rings. The third-order valence-corrected chi connectivity index (χ3v) is 4.81. The van der Waals surface area contributed by atoms with E-state index in [-0.39, 0.29) is 11.7 Å². The molecule has 9 heteroatoms. The minimum atomic E-state index is -0.107. The first-order valence-electron chi connectivity index (χ1n) is 8.55. The molecule has 2 aromatic carbocycles. The van der Waals surface area contributed by atoms with Gasteiger partial charge < -0.3 is 5.32 Å². The van der Waals surface area contributed by atoms with Crippen LogP contribution in [-0.2, 0) is 4.79 Å². The van der Waals surface area contributed by atoms with Crippen molar-refractivity contribution in [3.8, 4) is 0 Å². The number of amides is 1. The lowest BCUT2D eigenvalue weighted by atomic mass is 10.3. The first-order chi connectivity index (χ1) is 13.3. The number of aromatic nitrogens is 4. The van der Waals surface area contributed by atoms with Crippen molar-refractivity contribution >= 4 is 34.7 Å². The van der Waals surface area contributed by atoms with Crippen LogP contribution in [0.4, 0.5) is 17.1 Å². The van der Waals surface area contributed by atoms with Gasteiger partial charge in [-0.25, -0.2) is 4.68 Å². The summed E-state index contributed by atoms with van der Waals surface area (Å²) in [6.45, 7) is 0. The summed E-state index contributed by atoms with van der Waals surface area (Å²) in [6.07, 6.45) is 2.19. The lowest BCUT2D eigenvalue weighted by molar-refractivity contribution is -0.113. The van der Waals surface area contributed by atoms with Crippen LogP contribution in [0.2, 0.25) is 0 Å². The molecule has 1 heterocycles. The Bertz CT molecular complexity index is 936. The minimum Gasteiger partial charge on any atom is -0.325 e. The van der Waals surface area contributed by atoms with Gasteiger partial charge in [-0.1, -0.05) is 30.0 Å². The molecule has 3 aromatic rings. The van der Waals surface area contributed by atoms with Crippen molar-refractivity contribution < 1.29 is 4.79 Å². The Morgan fingerprint density at radius 1 is 1.07 bits per heavy atom. The van der Waals surface area contributed by atoms with Crippen LogP contribution in [0.25, 0.3) is 0 Å². The molecular formula is C18H17N7OS. The molecule has 0 spiro atoms. The normalized spacial score (nSPS) is 13.8. The molecule has 1 N–H and O–H groups in total. The van der Waals surface area contributed by atoms with E-state index in [1.807, 2.05) is 42.5 Å². The summed E-state index contributed by atoms with van der Waals surface area (Å²) in [5.41, 5.74) is 2.22. The van der Waals surface area contributed by atoms with Crippen LogP contribution in [-0.4, -0.2) is 31.9 Å². The summed E-state index contributed by atoms with van der Waals surface area (Å²) in [4.78, 5) is 12.1. The van der Waals surface area contributed by atoms with E-state index in [2.05, 4.69) is 31.1 Å². The van der Waals surface area contributed by atoms with Gasteiger partial charge in [-0.15, -0.1) is 5.10 Å². The quantitative estimate of drug-likeness (QED) is 0.491. The van der Waals surface area contributed by atoms with Crippen LogP contribution >= 0.6 is 11.8 Å². The lowest BCUT2D eigenvalue weighted by Crippen LogP contribution is -2.14. The molecule has 27 heavy (non-hydrogen) atoms. The van der Waals surface area contributed by atoms with Crippen molar-refractivity contribution in [3.05, 3.63) is 54.6 Å². The Kier molecular flexibility index (Phi) is 5.20. The predicted octanol–water partition coefficient (Wildman–Crippen LogP) is 4.15. The summed E-state index contributed by atoms with van der Waals surface area (Å²) >= 11 is 1.34. The van der Waals surface area contributed by atoms with Crippen molar-refractivity contribution in [2.24, 2.45) is 10.2 Å². The van der Waals surface area contributed by atoms with E-state index in [9.17, 15) is 4.79 Å². The Morgan fingerprint density at radius 3 is 2.48 bits per heavy atom. The second kappa shape index (κ2) is 8.09. The molecule has 0 unspecified atom stereocenters. The van der Waals surface area contributed by atoms with Crippen molar-refractivity contribution in [2.75, 3.05) is 11.1 Å². The number of carbonyl (C=O) groups is 1. The van der Waals surface area contributed by atoms with Crippen LogP contribution < -0.4 is 5.32 Å². The summed E-state index contributed by atoms with van der Waals surface area (Å²) in [7, 11) is 0. The van der Waals surface area contributed by atoms with Crippen molar-refractivity contribution in [3.63, 3.8) is 0 Å². The number of benzene rings is 2. The highest BCUT2D eigenvalue weighted by molar-refractivity contribution is 7.99. The SMILES string of the molecule is O=C(CSc1nnnn1C1CC1)Nc1ccc(N=Nc2ccccc2)cc1. The van der Waals surface area contributed by atoms with E-state index >= 15 is 0 Å². The van der Waals surface area contributed by atoms with E-state index in [4.69, 9.17) is 0 Å². The highest BCUT2D eigenvalue weighted by Crippen LogP contribution is 2.36. The number of nitrogens with one attached hydrogen (secondary N) is 1. The van der Waals surface area contributed by atoms with Crippen molar-refractivity contribution in [1.82, 2.24) is 20.2 Å². The fraction of sp³-hybridized carbons (Fsp3) is 0.222. The van der Waals surface area contributed by atoms with Crippen LogP contribution in [0.1, 0.15) is 18.9 Å². The molecule has 1 aromatic heterocycles. The lowest BCUT2D eigenvalue weighted by Gasteiger charge is -2.05. The summed E-state index contributed by atoms with van der Waals surface area (Å²) in [5.74, 6) is 0.145. The number of hydrogen-bond donors (Lipinski definition) is 1. The number of tetrazole rings is 1. The highest BCUT2D eigenvalue weighted by Gasteiger charge is 2.28. The number of nitrogens with zero attached hydrogens (tertiary/aromatic N) is 6. The van der Waals surface area contributed by atoms with Gasteiger partial charge in [0.15, 0.2) is 0 Å². The van der Waals surface area contributed by atoms with E-state index in [1.165, 1.54) is 11.8 Å². The van der Waals surface area contributed by atoms with Gasteiger partial charge in [-0.05, 0) is 59.7 Å². The molecule has 0 radical (unpaired) electrons. The number of azo groups is 1. The average Bonchev–Trinajstić information content (AvgIpc) is 3.44. The molecule has 1 saturated carbocycles. The molecule has 1 aliphatic carbocycles. The Morgan fingerprint density at radius 2 is 1.78 bits per heavy atom. The third kappa shape index (κ3) is 4.76. The zero-order chi connectivity index (χ0) is 18.5. The van der Waals surface area contributed by atoms with E-state index in [1.54, 1.807) is 16.8 Å². The van der Waals surface area contributed by atoms with Crippen LogP contribution in [0.3, 0.4) is 0 Å². The molecule has 136 valence electrons. The first kappa shape index (κ1) is 17.3. The minimum absolute atomic E-state index is 0.107. The van der Waals surface area contributed by atoms with Gasteiger partial charge >= 0.3 is 0 Å². The van der Waals surface area contributed by atoms with Gasteiger partial charge in [0.05, 0.1) is 23.2 Å². The highest BCUT2D eigenvalue weighted by atomic mass is 32.2. The van der Waals surface area contributed by atoms with Gasteiger partial charge in [0.25, 0.3) is 0 Å². The van der Waals surface area contributed by atoms with Crippen molar-refractivity contribution in [1.29, 1.82) is 0 Å². The van der Waals surface area contributed by atoms with Gasteiger partial charge in [0.1, 0.15) is 0 Å². The van der Waals surface area contributed by atoms with E-state index in [0.717, 1.165) is 24.2 Å². The number of rotatable bonds is 7. The molecule has 8 nitrogen and oxygen atoms in total. The molecule has 0 saturated heterocycles. The topological polar surface area (TPSA) is 97.4 Å². The fourth-order valence-electron chi connectivity index (χ4n) is 2.38. The molecule has 0 atom stereocenters. The molecule has 1 amide bonds. The second-order valence-electron chi connectivity index (χ2n) is 6.06. The third-order valence-electron chi connectivity index (χ3n) is 3.88. The van der Waals surface area contributed by atoms with Gasteiger partial charge in [0.2, 0.25) is 11.1 Å². The number of carbonyl (C=O) groups excluding carboxylic acids is 1. The smallest absolute Gasteiger partial charge is 0.234 e. The Balaban J connectivity index is 1.29. The average molecular weight is 379 g/mol. The van der Waals surface area contributed by atoms with E-state index in [0.29, 0.717) is 16.9 Å². The Hall–Kier alpha value is -3.07. The monoisotopic (exact) mass is 379 g/mol. The summed E-state index contributed by atoms with van der Waals surface area (Å²) in [6, 6.07) is 17.1. The number of thioether (sulfide) groups is 1.